The number of phenols is 1. The Morgan fingerprint density at radius 1 is 1.18 bits per heavy atom. The standard InChI is InChI=1S/C24H36N6O3/c1-7-17(8-2)30-14-26-19-21(25-13-16-10-9-11-18(33-6)20(16)31)28-23(29-22(19)30)27-15(3)12-24(4,5)32/h9-11,14-15,17,31-32H,7-8,12-13H2,1-6H3,(H2,25,27,28,29). The van der Waals surface area contributed by atoms with Gasteiger partial charge in [-0.1, -0.05) is 26.0 Å². The molecule has 0 fully saturated rings. The number of aromatic hydroxyl groups is 1. The number of ether oxygens (including phenoxy) is 1. The van der Waals surface area contributed by atoms with Crippen LogP contribution in [0.2, 0.25) is 0 Å². The Morgan fingerprint density at radius 2 is 1.91 bits per heavy atom. The molecule has 9 nitrogen and oxygen atoms in total. The number of benzene rings is 1. The van der Waals surface area contributed by atoms with Crippen LogP contribution in [0, 0.1) is 0 Å². The number of imidazole rings is 1. The maximum Gasteiger partial charge on any atom is 0.226 e. The van der Waals surface area contributed by atoms with Crippen molar-refractivity contribution < 1.29 is 14.9 Å². The van der Waals surface area contributed by atoms with Gasteiger partial charge >= 0.3 is 0 Å². The number of fused-ring (bicyclic) bond motifs is 1. The van der Waals surface area contributed by atoms with Gasteiger partial charge in [-0.3, -0.25) is 0 Å². The lowest BCUT2D eigenvalue weighted by molar-refractivity contribution is 0.0672. The van der Waals surface area contributed by atoms with E-state index in [1.54, 1.807) is 19.9 Å². The van der Waals surface area contributed by atoms with E-state index in [4.69, 9.17) is 9.72 Å². The molecule has 0 amide bonds. The van der Waals surface area contributed by atoms with Crippen LogP contribution in [0.5, 0.6) is 11.5 Å². The second-order valence-electron chi connectivity index (χ2n) is 9.07. The average Bonchev–Trinajstić information content (AvgIpc) is 3.16. The van der Waals surface area contributed by atoms with Crippen LogP contribution in [-0.2, 0) is 6.54 Å². The van der Waals surface area contributed by atoms with Gasteiger partial charge < -0.3 is 30.2 Å². The molecule has 3 rings (SSSR count). The van der Waals surface area contributed by atoms with Gasteiger partial charge in [0.15, 0.2) is 28.5 Å². The molecule has 180 valence electrons. The molecule has 0 radical (unpaired) electrons. The molecule has 2 heterocycles. The summed E-state index contributed by atoms with van der Waals surface area (Å²) in [6, 6.07) is 5.61. The van der Waals surface area contributed by atoms with E-state index >= 15 is 0 Å². The lowest BCUT2D eigenvalue weighted by Crippen LogP contribution is -2.29. The minimum Gasteiger partial charge on any atom is -0.504 e. The van der Waals surface area contributed by atoms with Crippen molar-refractivity contribution in [2.75, 3.05) is 17.7 Å². The lowest BCUT2D eigenvalue weighted by atomic mass is 10.0. The minimum atomic E-state index is -0.807. The smallest absolute Gasteiger partial charge is 0.226 e. The summed E-state index contributed by atoms with van der Waals surface area (Å²) in [5, 5.41) is 27.3. The van der Waals surface area contributed by atoms with Crippen molar-refractivity contribution in [2.24, 2.45) is 0 Å². The summed E-state index contributed by atoms with van der Waals surface area (Å²) in [6.07, 6.45) is 4.28. The highest BCUT2D eigenvalue weighted by molar-refractivity contribution is 5.84. The molecule has 2 aromatic heterocycles. The highest BCUT2D eigenvalue weighted by Gasteiger charge is 2.21. The van der Waals surface area contributed by atoms with Crippen molar-refractivity contribution in [2.45, 2.75) is 78.1 Å². The van der Waals surface area contributed by atoms with Gasteiger partial charge in [-0.15, -0.1) is 0 Å². The molecule has 0 bridgehead atoms. The first-order chi connectivity index (χ1) is 15.7. The molecule has 1 atom stereocenters. The Kier molecular flexibility index (Phi) is 7.63. The van der Waals surface area contributed by atoms with Crippen molar-refractivity contribution in [3.05, 3.63) is 30.1 Å². The first kappa shape index (κ1) is 24.6. The van der Waals surface area contributed by atoms with Crippen LogP contribution in [0.3, 0.4) is 0 Å². The number of phenolic OH excluding ortho intramolecular Hbond substituents is 1. The van der Waals surface area contributed by atoms with E-state index in [2.05, 4.69) is 39.0 Å². The van der Waals surface area contributed by atoms with Gasteiger partial charge in [-0.25, -0.2) is 4.98 Å². The highest BCUT2D eigenvalue weighted by atomic mass is 16.5. The number of rotatable bonds is 11. The van der Waals surface area contributed by atoms with Gasteiger partial charge in [-0.2, -0.15) is 9.97 Å². The predicted octanol–water partition coefficient (Wildman–Crippen LogP) is 4.48. The molecule has 33 heavy (non-hydrogen) atoms. The van der Waals surface area contributed by atoms with Gasteiger partial charge in [0.2, 0.25) is 5.95 Å². The Balaban J connectivity index is 1.98. The number of para-hydroxylation sites is 1. The fraction of sp³-hybridized carbons (Fsp3) is 0.542. The predicted molar refractivity (Wildman–Crippen MR) is 131 cm³/mol. The van der Waals surface area contributed by atoms with Gasteiger partial charge in [0.1, 0.15) is 0 Å². The second-order valence-corrected chi connectivity index (χ2v) is 9.07. The largest absolute Gasteiger partial charge is 0.504 e. The SMILES string of the molecule is CCC(CC)n1cnc2c(NCc3cccc(OC)c3O)nc(NC(C)CC(C)(C)O)nc21. The quantitative estimate of drug-likeness (QED) is 0.334. The monoisotopic (exact) mass is 456 g/mol. The Labute approximate surface area is 195 Å². The molecule has 0 aliphatic rings. The van der Waals surface area contributed by atoms with Crippen LogP contribution in [-0.4, -0.2) is 48.5 Å². The van der Waals surface area contributed by atoms with Crippen molar-refractivity contribution in [1.82, 2.24) is 19.5 Å². The zero-order valence-electron chi connectivity index (χ0n) is 20.4. The van der Waals surface area contributed by atoms with E-state index in [9.17, 15) is 10.2 Å². The van der Waals surface area contributed by atoms with Gasteiger partial charge in [0, 0.05) is 24.2 Å². The van der Waals surface area contributed by atoms with Gasteiger partial charge in [0.05, 0.1) is 19.0 Å². The van der Waals surface area contributed by atoms with Crippen LogP contribution in [0.15, 0.2) is 24.5 Å². The molecule has 0 saturated carbocycles. The van der Waals surface area contributed by atoms with Crippen molar-refractivity contribution in [1.29, 1.82) is 0 Å². The van der Waals surface area contributed by atoms with Crippen LogP contribution < -0.4 is 15.4 Å². The zero-order chi connectivity index (χ0) is 24.2. The third kappa shape index (κ3) is 5.84. The van der Waals surface area contributed by atoms with E-state index in [1.807, 2.05) is 25.4 Å². The molecule has 0 aliphatic heterocycles. The van der Waals surface area contributed by atoms with E-state index < -0.39 is 5.60 Å². The summed E-state index contributed by atoms with van der Waals surface area (Å²) in [4.78, 5) is 14.1. The van der Waals surface area contributed by atoms with Crippen LogP contribution in [0.1, 0.15) is 65.5 Å². The fourth-order valence-corrected chi connectivity index (χ4v) is 4.13. The number of aliphatic hydroxyl groups is 1. The average molecular weight is 457 g/mol. The lowest BCUT2D eigenvalue weighted by Gasteiger charge is -2.23. The maximum atomic E-state index is 10.4. The number of anilines is 2. The number of nitrogens with one attached hydrogen (secondary N) is 2. The number of hydrogen-bond acceptors (Lipinski definition) is 8. The second kappa shape index (κ2) is 10.2. The third-order valence-corrected chi connectivity index (χ3v) is 5.69. The maximum absolute atomic E-state index is 10.4. The van der Waals surface area contributed by atoms with Gasteiger partial charge in [-0.05, 0) is 46.1 Å². The third-order valence-electron chi connectivity index (χ3n) is 5.69. The van der Waals surface area contributed by atoms with Gasteiger partial charge in [0.25, 0.3) is 0 Å². The van der Waals surface area contributed by atoms with E-state index in [0.717, 1.165) is 18.5 Å². The fourth-order valence-electron chi connectivity index (χ4n) is 4.13. The molecule has 0 spiro atoms. The highest BCUT2D eigenvalue weighted by Crippen LogP contribution is 2.31. The summed E-state index contributed by atoms with van der Waals surface area (Å²) in [5.74, 6) is 1.55. The summed E-state index contributed by atoms with van der Waals surface area (Å²) in [5.41, 5.74) is 1.29. The van der Waals surface area contributed by atoms with E-state index in [1.165, 1.54) is 7.11 Å². The topological polar surface area (TPSA) is 117 Å². The summed E-state index contributed by atoms with van der Waals surface area (Å²) in [7, 11) is 1.53. The minimum absolute atomic E-state index is 0.0396. The van der Waals surface area contributed by atoms with Crippen LogP contribution in [0.4, 0.5) is 11.8 Å². The Bertz CT molecular complexity index is 1070. The molecule has 4 N–H and O–H groups in total. The molecular weight excluding hydrogens is 420 g/mol. The van der Waals surface area contributed by atoms with E-state index in [-0.39, 0.29) is 17.8 Å². The van der Waals surface area contributed by atoms with Crippen molar-refractivity contribution in [3.8, 4) is 11.5 Å². The summed E-state index contributed by atoms with van der Waals surface area (Å²) >= 11 is 0. The number of nitrogens with zero attached hydrogens (tertiary/aromatic N) is 4. The normalized spacial score (nSPS) is 12.8. The molecule has 0 aliphatic carbocycles. The molecule has 1 aromatic carbocycles. The molecule has 1 unspecified atom stereocenters. The molecular formula is C24H36N6O3. The first-order valence-corrected chi connectivity index (χ1v) is 11.5. The van der Waals surface area contributed by atoms with Crippen molar-refractivity contribution in [3.63, 3.8) is 0 Å². The van der Waals surface area contributed by atoms with Crippen LogP contribution >= 0.6 is 0 Å². The Morgan fingerprint density at radius 3 is 2.55 bits per heavy atom. The van der Waals surface area contributed by atoms with Crippen LogP contribution in [0.25, 0.3) is 11.2 Å². The van der Waals surface area contributed by atoms with Crippen molar-refractivity contribution >= 4 is 22.9 Å². The summed E-state index contributed by atoms with van der Waals surface area (Å²) < 4.78 is 7.31. The Hall–Kier alpha value is -3.07. The first-order valence-electron chi connectivity index (χ1n) is 11.5. The molecule has 9 heteroatoms. The summed E-state index contributed by atoms with van der Waals surface area (Å²) in [6.45, 7) is 10.2. The number of hydrogen-bond donors (Lipinski definition) is 4. The molecule has 0 saturated heterocycles. The number of methoxy groups -OCH3 is 1. The molecule has 3 aromatic rings. The number of aromatic nitrogens is 4. The van der Waals surface area contributed by atoms with E-state index in [0.29, 0.717) is 41.6 Å². The zero-order valence-corrected chi connectivity index (χ0v) is 20.4.